The average molecular weight is 572 g/mol. The molecule has 0 bridgehead atoms. The molecule has 2 aliphatic rings. The van der Waals surface area contributed by atoms with Crippen molar-refractivity contribution in [3.05, 3.63) is 90.5 Å². The predicted octanol–water partition coefficient (Wildman–Crippen LogP) is 4.23. The Hall–Kier alpha value is -5.03. The molecule has 0 unspecified atom stereocenters. The number of rotatable bonds is 6. The predicted molar refractivity (Wildman–Crippen MR) is 166 cm³/mol. The van der Waals surface area contributed by atoms with E-state index in [2.05, 4.69) is 54.2 Å². The van der Waals surface area contributed by atoms with Gasteiger partial charge in [0.25, 0.3) is 0 Å². The van der Waals surface area contributed by atoms with Crippen LogP contribution in [-0.4, -0.2) is 58.2 Å². The number of nitrogens with zero attached hydrogens (tertiary/aromatic N) is 9. The van der Waals surface area contributed by atoms with Crippen LogP contribution in [0.5, 0.6) is 0 Å². The summed E-state index contributed by atoms with van der Waals surface area (Å²) in [6.45, 7) is 2.04. The molecule has 11 nitrogen and oxygen atoms in total. The van der Waals surface area contributed by atoms with Crippen LogP contribution < -0.4 is 16.0 Å². The molecule has 0 amide bonds. The Balaban J connectivity index is 1.10. The van der Waals surface area contributed by atoms with Gasteiger partial charge in [-0.25, -0.2) is 19.6 Å². The zero-order chi connectivity index (χ0) is 28.9. The van der Waals surface area contributed by atoms with E-state index in [1.165, 1.54) is 11.1 Å². The van der Waals surface area contributed by atoms with Crippen LogP contribution in [0.1, 0.15) is 36.4 Å². The summed E-state index contributed by atoms with van der Waals surface area (Å²) in [5, 5.41) is 12.9. The van der Waals surface area contributed by atoms with E-state index in [4.69, 9.17) is 15.7 Å². The van der Waals surface area contributed by atoms with E-state index in [0.29, 0.717) is 17.9 Å². The maximum absolute atomic E-state index is 6.35. The maximum atomic E-state index is 6.35. The van der Waals surface area contributed by atoms with Gasteiger partial charge in [-0.3, -0.25) is 9.25 Å². The number of hydrogen-bond acceptors (Lipinski definition) is 8. The fraction of sp³-hybridized carbons (Fsp3) is 0.281. The van der Waals surface area contributed by atoms with Gasteiger partial charge in [-0.1, -0.05) is 6.07 Å². The summed E-state index contributed by atoms with van der Waals surface area (Å²) in [6, 6.07) is 19.4. The molecule has 11 heteroatoms. The summed E-state index contributed by atoms with van der Waals surface area (Å²) in [7, 11) is 1.97. The number of nitrogen functional groups attached to an aromatic ring is 1. The van der Waals surface area contributed by atoms with Crippen molar-refractivity contribution in [2.45, 2.75) is 37.8 Å². The van der Waals surface area contributed by atoms with Crippen molar-refractivity contribution < 1.29 is 0 Å². The van der Waals surface area contributed by atoms with Crippen LogP contribution in [0.25, 0.3) is 34.1 Å². The van der Waals surface area contributed by atoms with Crippen LogP contribution in [0.4, 0.5) is 11.6 Å². The van der Waals surface area contributed by atoms with Gasteiger partial charge in [0.05, 0.1) is 5.56 Å². The second-order valence-electron chi connectivity index (χ2n) is 11.4. The zero-order valence-corrected chi connectivity index (χ0v) is 24.0. The van der Waals surface area contributed by atoms with Crippen molar-refractivity contribution in [3.8, 4) is 22.9 Å². The largest absolute Gasteiger partial charge is 0.383 e. The van der Waals surface area contributed by atoms with E-state index in [1.807, 2.05) is 54.5 Å². The molecule has 8 rings (SSSR count). The van der Waals surface area contributed by atoms with Gasteiger partial charge in [0.1, 0.15) is 11.3 Å². The number of nitrogens with one attached hydrogen (secondary N) is 1. The standard InChI is InChI=1S/C32H33N11/c1-40-17-13-29(39-40)41-18-11-22(12-19-41)36-26-8-5-21-20-23(6-7-24(21)26)43-31(25-4-2-14-34-30(25)33)37-27-9-10-28(38-32(27)43)42-16-3-15-35-42/h2-4,6-7,9-10,13-17,20,22,26,36H,5,8,11-12,18-19H2,1H3,(H2,33,34)/t26-/m0/s1. The Bertz CT molecular complexity index is 1910. The number of aromatic nitrogens is 8. The van der Waals surface area contributed by atoms with Gasteiger partial charge < -0.3 is 16.0 Å². The summed E-state index contributed by atoms with van der Waals surface area (Å²) < 4.78 is 5.73. The number of hydrogen-bond donors (Lipinski definition) is 2. The fourth-order valence-corrected chi connectivity index (χ4v) is 6.56. The summed E-state index contributed by atoms with van der Waals surface area (Å²) in [4.78, 5) is 16.7. The number of fused-ring (bicyclic) bond motifs is 2. The van der Waals surface area contributed by atoms with E-state index in [1.54, 1.807) is 17.1 Å². The van der Waals surface area contributed by atoms with Crippen LogP contribution in [0.2, 0.25) is 0 Å². The minimum atomic E-state index is 0.355. The Morgan fingerprint density at radius 1 is 0.907 bits per heavy atom. The first kappa shape index (κ1) is 25.7. The molecule has 1 atom stereocenters. The smallest absolute Gasteiger partial charge is 0.167 e. The molecule has 6 heterocycles. The molecule has 1 aliphatic heterocycles. The molecule has 0 radical (unpaired) electrons. The van der Waals surface area contributed by atoms with E-state index in [9.17, 15) is 0 Å². The summed E-state index contributed by atoms with van der Waals surface area (Å²) in [5.74, 6) is 2.96. The quantitative estimate of drug-likeness (QED) is 0.305. The molecule has 3 N–H and O–H groups in total. The van der Waals surface area contributed by atoms with Crippen LogP contribution in [-0.2, 0) is 13.5 Å². The SMILES string of the molecule is Cn1ccc(N2CCC(N[C@H]3CCc4cc(-n5c(-c6cccnc6N)nc6ccc(-n7cccn7)nc65)ccc43)CC2)n1. The van der Waals surface area contributed by atoms with Crippen molar-refractivity contribution in [1.29, 1.82) is 0 Å². The second-order valence-corrected chi connectivity index (χ2v) is 11.4. The Morgan fingerprint density at radius 3 is 2.60 bits per heavy atom. The fourth-order valence-electron chi connectivity index (χ4n) is 6.56. The number of nitrogens with two attached hydrogens (primary N) is 1. The zero-order valence-electron chi connectivity index (χ0n) is 24.0. The number of anilines is 2. The molecule has 1 aliphatic carbocycles. The van der Waals surface area contributed by atoms with E-state index >= 15 is 0 Å². The third-order valence-corrected chi connectivity index (χ3v) is 8.73. The lowest BCUT2D eigenvalue weighted by Gasteiger charge is -2.34. The molecule has 6 aromatic rings. The van der Waals surface area contributed by atoms with Gasteiger partial charge in [0.2, 0.25) is 0 Å². The second kappa shape index (κ2) is 10.4. The number of imidazole rings is 1. The Labute approximate surface area is 249 Å². The van der Waals surface area contributed by atoms with E-state index in [-0.39, 0.29) is 0 Å². The van der Waals surface area contributed by atoms with Gasteiger partial charge in [-0.05, 0) is 79.3 Å². The minimum absolute atomic E-state index is 0.355. The lowest BCUT2D eigenvalue weighted by molar-refractivity contribution is 0.367. The number of aryl methyl sites for hydroxylation is 2. The highest BCUT2D eigenvalue weighted by molar-refractivity contribution is 5.83. The highest BCUT2D eigenvalue weighted by atomic mass is 15.3. The van der Waals surface area contributed by atoms with Gasteiger partial charge >= 0.3 is 0 Å². The molecule has 1 aromatic carbocycles. The maximum Gasteiger partial charge on any atom is 0.167 e. The number of piperidine rings is 1. The first-order chi connectivity index (χ1) is 21.1. The monoisotopic (exact) mass is 571 g/mol. The molecule has 43 heavy (non-hydrogen) atoms. The number of benzene rings is 1. The lowest BCUT2D eigenvalue weighted by Crippen LogP contribution is -2.43. The normalized spacial score (nSPS) is 17.1. The highest BCUT2D eigenvalue weighted by Crippen LogP contribution is 2.36. The first-order valence-corrected chi connectivity index (χ1v) is 14.8. The molecular formula is C32H33N11. The highest BCUT2D eigenvalue weighted by Gasteiger charge is 2.28. The molecular weight excluding hydrogens is 538 g/mol. The van der Waals surface area contributed by atoms with Gasteiger partial charge in [-0.2, -0.15) is 10.2 Å². The third kappa shape index (κ3) is 4.62. The molecule has 0 spiro atoms. The molecule has 1 fully saturated rings. The van der Waals surface area contributed by atoms with Crippen molar-refractivity contribution in [2.75, 3.05) is 23.7 Å². The van der Waals surface area contributed by atoms with Crippen LogP contribution in [0.15, 0.2) is 79.4 Å². The van der Waals surface area contributed by atoms with E-state index in [0.717, 1.165) is 78.6 Å². The summed E-state index contributed by atoms with van der Waals surface area (Å²) in [5.41, 5.74) is 12.4. The Kier molecular flexibility index (Phi) is 6.18. The summed E-state index contributed by atoms with van der Waals surface area (Å²) >= 11 is 0. The minimum Gasteiger partial charge on any atom is -0.383 e. The van der Waals surface area contributed by atoms with Crippen molar-refractivity contribution in [1.82, 2.24) is 44.4 Å². The van der Waals surface area contributed by atoms with Crippen LogP contribution in [0.3, 0.4) is 0 Å². The molecule has 5 aromatic heterocycles. The topological polar surface area (TPSA) is 121 Å². The first-order valence-electron chi connectivity index (χ1n) is 14.8. The van der Waals surface area contributed by atoms with Gasteiger partial charge in [0.15, 0.2) is 23.1 Å². The van der Waals surface area contributed by atoms with Gasteiger partial charge in [0, 0.05) is 68.8 Å². The van der Waals surface area contributed by atoms with Crippen LogP contribution >= 0.6 is 0 Å². The molecule has 0 saturated carbocycles. The van der Waals surface area contributed by atoms with Crippen molar-refractivity contribution in [3.63, 3.8) is 0 Å². The average Bonchev–Trinajstić information content (AvgIpc) is 3.84. The van der Waals surface area contributed by atoms with Crippen molar-refractivity contribution in [2.24, 2.45) is 7.05 Å². The van der Waals surface area contributed by atoms with Gasteiger partial charge in [-0.15, -0.1) is 0 Å². The van der Waals surface area contributed by atoms with Crippen molar-refractivity contribution >= 4 is 22.8 Å². The lowest BCUT2D eigenvalue weighted by atomic mass is 10.0. The molecule has 1 saturated heterocycles. The molecule has 216 valence electrons. The summed E-state index contributed by atoms with van der Waals surface area (Å²) in [6.07, 6.45) is 11.7. The Morgan fingerprint density at radius 2 is 1.81 bits per heavy atom. The third-order valence-electron chi connectivity index (χ3n) is 8.73. The van der Waals surface area contributed by atoms with Crippen LogP contribution in [0, 0.1) is 0 Å². The van der Waals surface area contributed by atoms with E-state index < -0.39 is 0 Å². The number of pyridine rings is 2.